The number of allylic oxidation sites excluding steroid dienone is 2. The highest BCUT2D eigenvalue weighted by Crippen LogP contribution is 2.43. The molecule has 254 valence electrons. The fourth-order valence-electron chi connectivity index (χ4n) is 4.74. The van der Waals surface area contributed by atoms with Gasteiger partial charge in [-0.3, -0.25) is 18.6 Å². The van der Waals surface area contributed by atoms with Crippen LogP contribution in [0, 0.1) is 0 Å². The summed E-state index contributed by atoms with van der Waals surface area (Å²) in [7, 11) is -4.26. The minimum atomic E-state index is -4.26. The Morgan fingerprint density at radius 2 is 1.05 bits per heavy atom. The number of hydrogen-bond acceptors (Lipinski definition) is 7. The Bertz CT molecular complexity index is 727. The molecule has 0 aromatic carbocycles. The molecule has 43 heavy (non-hydrogen) atoms. The lowest BCUT2D eigenvalue weighted by Gasteiger charge is -2.19. The second-order valence-corrected chi connectivity index (χ2v) is 13.0. The molecule has 0 saturated heterocycles. The highest BCUT2D eigenvalue weighted by molar-refractivity contribution is 7.47. The van der Waals surface area contributed by atoms with Gasteiger partial charge in [-0.2, -0.15) is 0 Å². The van der Waals surface area contributed by atoms with Crippen LogP contribution in [0.2, 0.25) is 0 Å². The standard InChI is InChI=1S/C34H65O8P/c1-4-7-9-11-13-15-16-17-18-19-21-23-25-27-29-34(36)42-32(31-41-43(37,38)40-6-3)30-39-33(35)28-26-24-22-20-14-12-10-8-5-2/h16-17,32H,4-15,18-31H2,1-3H3,(H,37,38)/b17-16-. The summed E-state index contributed by atoms with van der Waals surface area (Å²) in [5, 5.41) is 0. The SMILES string of the molecule is CCCCCCC/C=C\CCCCCCCC(=O)OC(COC(=O)CCCCCCCCCCC)COP(=O)(O)OCC. The van der Waals surface area contributed by atoms with Crippen LogP contribution in [0.4, 0.5) is 0 Å². The Morgan fingerprint density at radius 1 is 0.605 bits per heavy atom. The monoisotopic (exact) mass is 632 g/mol. The summed E-state index contributed by atoms with van der Waals surface area (Å²) in [5.41, 5.74) is 0. The van der Waals surface area contributed by atoms with Crippen LogP contribution in [-0.4, -0.2) is 42.8 Å². The van der Waals surface area contributed by atoms with E-state index >= 15 is 0 Å². The second-order valence-electron chi connectivity index (χ2n) is 11.5. The minimum Gasteiger partial charge on any atom is -0.462 e. The van der Waals surface area contributed by atoms with Crippen molar-refractivity contribution in [1.29, 1.82) is 0 Å². The molecule has 2 unspecified atom stereocenters. The summed E-state index contributed by atoms with van der Waals surface area (Å²) >= 11 is 0. The van der Waals surface area contributed by atoms with Crippen LogP contribution >= 0.6 is 7.82 Å². The maximum absolute atomic E-state index is 12.4. The van der Waals surface area contributed by atoms with Crippen molar-refractivity contribution in [3.63, 3.8) is 0 Å². The average molecular weight is 633 g/mol. The number of phosphoric ester groups is 1. The zero-order chi connectivity index (χ0) is 31.9. The van der Waals surface area contributed by atoms with Crippen molar-refractivity contribution in [1.82, 2.24) is 0 Å². The van der Waals surface area contributed by atoms with Gasteiger partial charge in [-0.05, 0) is 45.4 Å². The number of ether oxygens (including phenoxy) is 2. The summed E-state index contributed by atoms with van der Waals surface area (Å²) < 4.78 is 32.4. The Kier molecular flexibility index (Phi) is 29.9. The summed E-state index contributed by atoms with van der Waals surface area (Å²) in [5.74, 6) is -0.808. The highest BCUT2D eigenvalue weighted by atomic mass is 31.2. The predicted octanol–water partition coefficient (Wildman–Crippen LogP) is 10.2. The summed E-state index contributed by atoms with van der Waals surface area (Å²) in [6.45, 7) is 5.41. The first kappa shape index (κ1) is 41.8. The van der Waals surface area contributed by atoms with E-state index in [-0.39, 0.29) is 25.6 Å². The third kappa shape index (κ3) is 30.6. The molecule has 8 nitrogen and oxygen atoms in total. The molecule has 0 fully saturated rings. The molecule has 0 aliphatic heterocycles. The number of carbonyl (C=O) groups excluding carboxylic acids is 2. The molecule has 0 aliphatic rings. The molecule has 0 aromatic rings. The molecular formula is C34H65O8P. The fourth-order valence-corrected chi connectivity index (χ4v) is 5.50. The average Bonchev–Trinajstić information content (AvgIpc) is 2.97. The Morgan fingerprint density at radius 3 is 1.53 bits per heavy atom. The van der Waals surface area contributed by atoms with Gasteiger partial charge in [-0.25, -0.2) is 4.57 Å². The zero-order valence-corrected chi connectivity index (χ0v) is 28.8. The van der Waals surface area contributed by atoms with Crippen molar-refractivity contribution in [2.24, 2.45) is 0 Å². The number of esters is 2. The van der Waals surface area contributed by atoms with Crippen molar-refractivity contribution in [3.8, 4) is 0 Å². The Balaban J connectivity index is 4.20. The second kappa shape index (κ2) is 30.8. The van der Waals surface area contributed by atoms with Gasteiger partial charge < -0.3 is 14.4 Å². The van der Waals surface area contributed by atoms with Crippen molar-refractivity contribution >= 4 is 19.8 Å². The van der Waals surface area contributed by atoms with Gasteiger partial charge in [0.1, 0.15) is 6.61 Å². The molecule has 0 heterocycles. The number of unbranched alkanes of at least 4 members (excludes halogenated alkanes) is 18. The van der Waals surface area contributed by atoms with Crippen LogP contribution < -0.4 is 0 Å². The van der Waals surface area contributed by atoms with Crippen LogP contribution in [-0.2, 0) is 32.7 Å². The lowest BCUT2D eigenvalue weighted by molar-refractivity contribution is -0.161. The first-order valence-electron chi connectivity index (χ1n) is 17.5. The van der Waals surface area contributed by atoms with E-state index in [0.717, 1.165) is 51.4 Å². The zero-order valence-electron chi connectivity index (χ0n) is 27.9. The lowest BCUT2D eigenvalue weighted by Crippen LogP contribution is -2.29. The largest absolute Gasteiger partial charge is 0.472 e. The van der Waals surface area contributed by atoms with E-state index in [1.807, 2.05) is 0 Å². The quantitative estimate of drug-likeness (QED) is 0.0338. The third-order valence-corrected chi connectivity index (χ3v) is 8.38. The van der Waals surface area contributed by atoms with E-state index in [4.69, 9.17) is 18.5 Å². The summed E-state index contributed by atoms with van der Waals surface area (Å²) in [6, 6.07) is 0. The van der Waals surface area contributed by atoms with Gasteiger partial charge in [0.2, 0.25) is 0 Å². The molecule has 2 atom stereocenters. The van der Waals surface area contributed by atoms with E-state index in [9.17, 15) is 19.0 Å². The normalized spacial score (nSPS) is 13.7. The van der Waals surface area contributed by atoms with Gasteiger partial charge in [-0.15, -0.1) is 0 Å². The predicted molar refractivity (Wildman–Crippen MR) is 175 cm³/mol. The first-order valence-corrected chi connectivity index (χ1v) is 19.0. The number of hydrogen-bond donors (Lipinski definition) is 1. The van der Waals surface area contributed by atoms with Crippen LogP contribution in [0.1, 0.15) is 168 Å². The molecule has 0 aliphatic carbocycles. The Hall–Kier alpha value is -1.21. The van der Waals surface area contributed by atoms with Gasteiger partial charge in [0.25, 0.3) is 0 Å². The number of phosphoric acid groups is 1. The smallest absolute Gasteiger partial charge is 0.462 e. The molecule has 0 amide bonds. The summed E-state index contributed by atoms with van der Waals surface area (Å²) in [4.78, 5) is 34.4. The van der Waals surface area contributed by atoms with Gasteiger partial charge in [-0.1, -0.05) is 122 Å². The van der Waals surface area contributed by atoms with E-state index in [1.54, 1.807) is 6.92 Å². The van der Waals surface area contributed by atoms with Crippen molar-refractivity contribution < 1.29 is 37.6 Å². The summed E-state index contributed by atoms with van der Waals surface area (Å²) in [6.07, 6.45) is 28.4. The van der Waals surface area contributed by atoms with E-state index in [0.29, 0.717) is 12.8 Å². The third-order valence-electron chi connectivity index (χ3n) is 7.32. The molecule has 0 aromatic heterocycles. The van der Waals surface area contributed by atoms with Gasteiger partial charge in [0.15, 0.2) is 6.10 Å². The lowest BCUT2D eigenvalue weighted by atomic mass is 10.1. The van der Waals surface area contributed by atoms with Gasteiger partial charge in [0.05, 0.1) is 13.2 Å². The number of carbonyl (C=O) groups is 2. The van der Waals surface area contributed by atoms with E-state index < -0.39 is 26.5 Å². The first-order chi connectivity index (χ1) is 20.8. The fraction of sp³-hybridized carbons (Fsp3) is 0.882. The minimum absolute atomic E-state index is 0.00136. The van der Waals surface area contributed by atoms with Crippen LogP contribution in [0.25, 0.3) is 0 Å². The Labute approximate surface area is 263 Å². The van der Waals surface area contributed by atoms with E-state index in [1.165, 1.54) is 77.0 Å². The van der Waals surface area contributed by atoms with Crippen molar-refractivity contribution in [3.05, 3.63) is 12.2 Å². The van der Waals surface area contributed by atoms with Gasteiger partial charge in [0, 0.05) is 12.8 Å². The highest BCUT2D eigenvalue weighted by Gasteiger charge is 2.25. The van der Waals surface area contributed by atoms with E-state index in [2.05, 4.69) is 26.0 Å². The topological polar surface area (TPSA) is 108 Å². The molecular weight excluding hydrogens is 567 g/mol. The molecule has 9 heteroatoms. The molecule has 1 N–H and O–H groups in total. The van der Waals surface area contributed by atoms with Crippen LogP contribution in [0.3, 0.4) is 0 Å². The molecule has 0 saturated carbocycles. The maximum Gasteiger partial charge on any atom is 0.472 e. The van der Waals surface area contributed by atoms with Crippen molar-refractivity contribution in [2.75, 3.05) is 19.8 Å². The van der Waals surface area contributed by atoms with Gasteiger partial charge >= 0.3 is 19.8 Å². The maximum atomic E-state index is 12.4. The van der Waals surface area contributed by atoms with Crippen LogP contribution in [0.5, 0.6) is 0 Å². The molecule has 0 bridgehead atoms. The molecule has 0 spiro atoms. The van der Waals surface area contributed by atoms with Crippen molar-refractivity contribution in [2.45, 2.75) is 175 Å². The molecule has 0 rings (SSSR count). The number of rotatable bonds is 32. The molecule has 0 radical (unpaired) electrons. The van der Waals surface area contributed by atoms with Crippen LogP contribution in [0.15, 0.2) is 12.2 Å².